The molecule has 2 atom stereocenters. The molecule has 18 heavy (non-hydrogen) atoms. The highest BCUT2D eigenvalue weighted by Crippen LogP contribution is 2.37. The van der Waals surface area contributed by atoms with Gasteiger partial charge in [0.15, 0.2) is 5.78 Å². The van der Waals surface area contributed by atoms with Gasteiger partial charge in [0.1, 0.15) is 6.10 Å². The van der Waals surface area contributed by atoms with E-state index < -0.39 is 0 Å². The molecule has 0 aromatic carbocycles. The number of hydrogen-bond acceptors (Lipinski definition) is 4. The molecule has 4 nitrogen and oxygen atoms in total. The first-order valence-corrected chi connectivity index (χ1v) is 6.99. The summed E-state index contributed by atoms with van der Waals surface area (Å²) in [6, 6.07) is 0. The molecule has 2 rings (SSSR count). The minimum atomic E-state index is -0.245. The van der Waals surface area contributed by atoms with Crippen molar-refractivity contribution in [3.8, 4) is 0 Å². The Hall–Kier alpha value is -0.450. The predicted molar refractivity (Wildman–Crippen MR) is 67.6 cm³/mol. The van der Waals surface area contributed by atoms with E-state index in [-0.39, 0.29) is 23.4 Å². The molecule has 0 radical (unpaired) electrons. The van der Waals surface area contributed by atoms with Crippen LogP contribution in [-0.4, -0.2) is 44.4 Å². The van der Waals surface area contributed by atoms with Gasteiger partial charge in [0.05, 0.1) is 5.60 Å². The molecule has 2 aliphatic rings. The molecule has 2 fully saturated rings. The standard InChI is InChI=1S/C14H24O4/c1-3-12(16-2)13(15)11-4-7-18-14(10-11)5-8-17-9-6-14/h11-12H,3-10H2,1-2H3. The molecule has 2 aliphatic heterocycles. The molecule has 0 aliphatic carbocycles. The normalized spacial score (nSPS) is 29.1. The van der Waals surface area contributed by atoms with E-state index in [9.17, 15) is 4.79 Å². The van der Waals surface area contributed by atoms with Gasteiger partial charge in [-0.15, -0.1) is 0 Å². The molecule has 0 aromatic rings. The van der Waals surface area contributed by atoms with Crippen LogP contribution in [0.25, 0.3) is 0 Å². The van der Waals surface area contributed by atoms with Crippen LogP contribution >= 0.6 is 0 Å². The number of hydrogen-bond donors (Lipinski definition) is 0. The predicted octanol–water partition coefficient (Wildman–Crippen LogP) is 1.96. The SMILES string of the molecule is CCC(OC)C(=O)C1CCOC2(CCOCC2)C1. The third kappa shape index (κ3) is 2.92. The number of ketones is 1. The van der Waals surface area contributed by atoms with E-state index in [1.807, 2.05) is 6.92 Å². The first-order chi connectivity index (χ1) is 8.71. The Morgan fingerprint density at radius 1 is 1.39 bits per heavy atom. The van der Waals surface area contributed by atoms with Gasteiger partial charge in [-0.3, -0.25) is 4.79 Å². The largest absolute Gasteiger partial charge is 0.381 e. The van der Waals surface area contributed by atoms with Crippen molar-refractivity contribution >= 4 is 5.78 Å². The third-order valence-corrected chi connectivity index (χ3v) is 4.27. The molecular formula is C14H24O4. The lowest BCUT2D eigenvalue weighted by Gasteiger charge is -2.43. The van der Waals surface area contributed by atoms with Crippen LogP contribution in [0.2, 0.25) is 0 Å². The molecule has 2 unspecified atom stereocenters. The molecule has 2 saturated heterocycles. The Kier molecular flexibility index (Phi) is 4.76. The van der Waals surface area contributed by atoms with Gasteiger partial charge in [-0.25, -0.2) is 0 Å². The Balaban J connectivity index is 1.99. The molecule has 4 heteroatoms. The van der Waals surface area contributed by atoms with Gasteiger partial charge in [0.2, 0.25) is 0 Å². The third-order valence-electron chi connectivity index (χ3n) is 4.27. The Bertz CT molecular complexity index is 274. The van der Waals surface area contributed by atoms with Gasteiger partial charge >= 0.3 is 0 Å². The molecule has 2 heterocycles. The van der Waals surface area contributed by atoms with Crippen molar-refractivity contribution in [3.63, 3.8) is 0 Å². The van der Waals surface area contributed by atoms with E-state index in [0.717, 1.165) is 45.3 Å². The molecule has 0 amide bonds. The molecule has 0 aromatic heterocycles. The van der Waals surface area contributed by atoms with Crippen LogP contribution in [0.5, 0.6) is 0 Å². The second kappa shape index (κ2) is 6.13. The van der Waals surface area contributed by atoms with Gasteiger partial charge in [0.25, 0.3) is 0 Å². The Morgan fingerprint density at radius 3 is 2.72 bits per heavy atom. The minimum absolute atomic E-state index is 0.0988. The average Bonchev–Trinajstić information content (AvgIpc) is 2.41. The summed E-state index contributed by atoms with van der Waals surface area (Å²) in [7, 11) is 1.62. The fourth-order valence-corrected chi connectivity index (χ4v) is 3.11. The first kappa shape index (κ1) is 14.0. The fourth-order valence-electron chi connectivity index (χ4n) is 3.11. The van der Waals surface area contributed by atoms with Crippen molar-refractivity contribution in [3.05, 3.63) is 0 Å². The summed E-state index contributed by atoms with van der Waals surface area (Å²) >= 11 is 0. The van der Waals surface area contributed by atoms with E-state index in [1.54, 1.807) is 7.11 Å². The van der Waals surface area contributed by atoms with Crippen LogP contribution in [-0.2, 0) is 19.0 Å². The Morgan fingerprint density at radius 2 is 2.11 bits per heavy atom. The number of rotatable bonds is 4. The van der Waals surface area contributed by atoms with Crippen molar-refractivity contribution in [1.29, 1.82) is 0 Å². The van der Waals surface area contributed by atoms with E-state index in [0.29, 0.717) is 6.61 Å². The lowest BCUT2D eigenvalue weighted by molar-refractivity contribution is -0.162. The highest BCUT2D eigenvalue weighted by molar-refractivity contribution is 5.85. The number of carbonyl (C=O) groups excluding carboxylic acids is 1. The topological polar surface area (TPSA) is 44.8 Å². The van der Waals surface area contributed by atoms with Crippen LogP contribution in [0.1, 0.15) is 39.0 Å². The maximum absolute atomic E-state index is 12.4. The summed E-state index contributed by atoms with van der Waals surface area (Å²) in [5.41, 5.74) is -0.108. The van der Waals surface area contributed by atoms with Crippen molar-refractivity contribution in [2.24, 2.45) is 5.92 Å². The maximum atomic E-state index is 12.4. The second-order valence-corrected chi connectivity index (χ2v) is 5.37. The van der Waals surface area contributed by atoms with E-state index >= 15 is 0 Å². The molecule has 0 bridgehead atoms. The fraction of sp³-hybridized carbons (Fsp3) is 0.929. The lowest BCUT2D eigenvalue weighted by atomic mass is 9.78. The van der Waals surface area contributed by atoms with Crippen LogP contribution in [0.3, 0.4) is 0 Å². The van der Waals surface area contributed by atoms with Gasteiger partial charge in [-0.05, 0) is 32.1 Å². The number of Topliss-reactive ketones (excluding diaryl/α,β-unsaturated/α-hetero) is 1. The molecule has 104 valence electrons. The molecular weight excluding hydrogens is 232 g/mol. The zero-order valence-corrected chi connectivity index (χ0v) is 11.4. The van der Waals surface area contributed by atoms with Crippen LogP contribution < -0.4 is 0 Å². The van der Waals surface area contributed by atoms with Gasteiger partial charge in [-0.2, -0.15) is 0 Å². The maximum Gasteiger partial charge on any atom is 0.164 e. The van der Waals surface area contributed by atoms with Crippen LogP contribution in [0.15, 0.2) is 0 Å². The van der Waals surface area contributed by atoms with Gasteiger partial charge in [0, 0.05) is 32.8 Å². The van der Waals surface area contributed by atoms with Crippen LogP contribution in [0.4, 0.5) is 0 Å². The number of carbonyl (C=O) groups is 1. The number of methoxy groups -OCH3 is 1. The van der Waals surface area contributed by atoms with Crippen LogP contribution in [0, 0.1) is 5.92 Å². The van der Waals surface area contributed by atoms with E-state index in [4.69, 9.17) is 14.2 Å². The second-order valence-electron chi connectivity index (χ2n) is 5.37. The van der Waals surface area contributed by atoms with E-state index in [2.05, 4.69) is 0 Å². The molecule has 0 N–H and O–H groups in total. The zero-order chi connectivity index (χ0) is 13.0. The smallest absolute Gasteiger partial charge is 0.164 e. The minimum Gasteiger partial charge on any atom is -0.381 e. The summed E-state index contributed by atoms with van der Waals surface area (Å²) in [6.45, 7) is 4.19. The highest BCUT2D eigenvalue weighted by Gasteiger charge is 2.42. The molecule has 1 spiro atoms. The van der Waals surface area contributed by atoms with Crippen molar-refractivity contribution in [1.82, 2.24) is 0 Å². The van der Waals surface area contributed by atoms with Gasteiger partial charge in [-0.1, -0.05) is 6.92 Å². The van der Waals surface area contributed by atoms with Crippen molar-refractivity contribution in [2.75, 3.05) is 26.9 Å². The number of ether oxygens (including phenoxy) is 3. The van der Waals surface area contributed by atoms with Gasteiger partial charge < -0.3 is 14.2 Å². The lowest BCUT2D eigenvalue weighted by Crippen LogP contribution is -2.47. The molecule has 0 saturated carbocycles. The Labute approximate surface area is 109 Å². The summed E-state index contributed by atoms with van der Waals surface area (Å²) in [5.74, 6) is 0.357. The monoisotopic (exact) mass is 256 g/mol. The quantitative estimate of drug-likeness (QED) is 0.771. The van der Waals surface area contributed by atoms with Crippen molar-refractivity contribution < 1.29 is 19.0 Å². The summed E-state index contributed by atoms with van der Waals surface area (Å²) in [5, 5.41) is 0. The van der Waals surface area contributed by atoms with E-state index in [1.165, 1.54) is 0 Å². The average molecular weight is 256 g/mol. The summed E-state index contributed by atoms with van der Waals surface area (Å²) in [4.78, 5) is 12.4. The summed E-state index contributed by atoms with van der Waals surface area (Å²) in [6.07, 6.45) is 4.02. The highest BCUT2D eigenvalue weighted by atomic mass is 16.5. The van der Waals surface area contributed by atoms with Crippen molar-refractivity contribution in [2.45, 2.75) is 50.7 Å². The zero-order valence-electron chi connectivity index (χ0n) is 11.4. The summed E-state index contributed by atoms with van der Waals surface area (Å²) < 4.78 is 16.6. The first-order valence-electron chi connectivity index (χ1n) is 6.99.